The van der Waals surface area contributed by atoms with Crippen LogP contribution < -0.4 is 9.53 Å². The van der Waals surface area contributed by atoms with Gasteiger partial charge in [-0.3, -0.25) is 14.7 Å². The Balaban J connectivity index is 1.82. The number of benzene rings is 3. The summed E-state index contributed by atoms with van der Waals surface area (Å²) >= 11 is 1.48. The van der Waals surface area contributed by atoms with E-state index < -0.39 is 15.0 Å². The van der Waals surface area contributed by atoms with Gasteiger partial charge in [0.15, 0.2) is 5.75 Å². The van der Waals surface area contributed by atoms with Gasteiger partial charge in [0.1, 0.15) is 10.6 Å². The molecular weight excluding hydrogens is 494 g/mol. The summed E-state index contributed by atoms with van der Waals surface area (Å²) in [6, 6.07) is 17.4. The highest BCUT2D eigenvalue weighted by atomic mass is 32.2. The van der Waals surface area contributed by atoms with E-state index in [1.807, 2.05) is 29.6 Å². The highest BCUT2D eigenvalue weighted by Gasteiger charge is 2.31. The minimum absolute atomic E-state index is 0.00666. The van der Waals surface area contributed by atoms with Gasteiger partial charge >= 0.3 is 5.82 Å². The Kier molecular flexibility index (Phi) is 5.51. The molecule has 0 bridgehead atoms. The second-order valence-electron chi connectivity index (χ2n) is 7.30. The topological polar surface area (TPSA) is 141 Å². The van der Waals surface area contributed by atoms with Gasteiger partial charge in [0.05, 0.1) is 33.5 Å². The molecule has 1 N–H and O–H groups in total. The molecule has 0 saturated heterocycles. The van der Waals surface area contributed by atoms with Crippen molar-refractivity contribution in [2.24, 2.45) is 0 Å². The summed E-state index contributed by atoms with van der Waals surface area (Å²) < 4.78 is 40.0. The molecule has 11 nitrogen and oxygen atoms in total. The lowest BCUT2D eigenvalue weighted by atomic mass is 10.2. The van der Waals surface area contributed by atoms with Gasteiger partial charge in [0, 0.05) is 16.9 Å². The third kappa shape index (κ3) is 4.01. The number of ether oxygens (including phenoxy) is 1. The zero-order valence-electron chi connectivity index (χ0n) is 18.0. The second kappa shape index (κ2) is 8.54. The summed E-state index contributed by atoms with van der Waals surface area (Å²) in [5.41, 5.74) is 0.882. The average molecular weight is 511 g/mol. The number of thiophene rings is 1. The number of nitro benzene ring substituents is 1. The quantitative estimate of drug-likeness (QED) is 0.158. The lowest BCUT2D eigenvalue weighted by Crippen LogP contribution is -2.43. The second-order valence-corrected chi connectivity index (χ2v) is 9.61. The molecule has 0 aliphatic heterocycles. The first kappa shape index (κ1) is 22.6. The summed E-state index contributed by atoms with van der Waals surface area (Å²) in [6.45, 7) is 0. The van der Waals surface area contributed by atoms with E-state index >= 15 is 0 Å². The number of rotatable bonds is 6. The van der Waals surface area contributed by atoms with Crippen molar-refractivity contribution in [3.8, 4) is 28.5 Å². The lowest BCUT2D eigenvalue weighted by Gasteiger charge is -2.05. The Hall–Kier alpha value is -4.20. The van der Waals surface area contributed by atoms with Crippen LogP contribution in [0, 0.1) is 10.1 Å². The number of tetrazole rings is 1. The molecule has 35 heavy (non-hydrogen) atoms. The molecule has 0 fully saturated rings. The largest absolute Gasteiger partial charge is 0.492 e. The van der Waals surface area contributed by atoms with Crippen LogP contribution in [-0.2, 0) is 10.1 Å². The number of nitrogens with zero attached hydrogens (tertiary/aromatic N) is 5. The Morgan fingerprint density at radius 2 is 1.91 bits per heavy atom. The number of fused-ring (bicyclic) bond motifs is 1. The van der Waals surface area contributed by atoms with Crippen LogP contribution in [0.5, 0.6) is 5.75 Å². The van der Waals surface area contributed by atoms with Gasteiger partial charge in [-0.05, 0) is 44.9 Å². The fourth-order valence-corrected chi connectivity index (χ4v) is 5.24. The standard InChI is InChI=1S/C22H15N5O6S2/c1-33-19-13-15(27(28)29)9-10-17(19)25-23-22(16-6-2-3-8-20(16)35(30,31)32)24-26(25)18-7-4-5-14-11-12-34-21(14)18/h2-13H,1H3/p+1. The van der Waals surface area contributed by atoms with Crippen LogP contribution in [0.4, 0.5) is 5.69 Å². The first-order chi connectivity index (χ1) is 16.8. The molecule has 176 valence electrons. The Labute approximate surface area is 202 Å². The molecule has 0 aliphatic carbocycles. The minimum atomic E-state index is -4.56. The van der Waals surface area contributed by atoms with Gasteiger partial charge in [0.25, 0.3) is 15.8 Å². The number of nitro groups is 1. The van der Waals surface area contributed by atoms with Crippen LogP contribution in [0.2, 0.25) is 0 Å². The maximum Gasteiger partial charge on any atom is 0.341 e. The molecule has 0 amide bonds. The fourth-order valence-electron chi connectivity index (χ4n) is 3.66. The summed E-state index contributed by atoms with van der Waals surface area (Å²) in [4.78, 5) is 13.2. The molecular formula is C22H16N5O6S2+. The van der Waals surface area contributed by atoms with Crippen molar-refractivity contribution in [3.05, 3.63) is 82.2 Å². The molecule has 5 rings (SSSR count). The van der Waals surface area contributed by atoms with Gasteiger partial charge in [-0.15, -0.1) is 11.3 Å². The van der Waals surface area contributed by atoms with Crippen molar-refractivity contribution in [3.63, 3.8) is 0 Å². The number of non-ortho nitro benzene ring substituents is 1. The number of aromatic nitrogens is 4. The average Bonchev–Trinajstić information content (AvgIpc) is 3.50. The molecule has 3 aromatic carbocycles. The Bertz CT molecular complexity index is 1710. The molecule has 0 atom stereocenters. The first-order valence-electron chi connectivity index (χ1n) is 10.0. The smallest absolute Gasteiger partial charge is 0.341 e. The summed E-state index contributed by atoms with van der Waals surface area (Å²) in [6.07, 6.45) is 0. The predicted molar refractivity (Wildman–Crippen MR) is 127 cm³/mol. The van der Waals surface area contributed by atoms with Crippen molar-refractivity contribution in [2.45, 2.75) is 4.90 Å². The monoisotopic (exact) mass is 510 g/mol. The number of hydrogen-bond donors (Lipinski definition) is 1. The highest BCUT2D eigenvalue weighted by Crippen LogP contribution is 2.30. The van der Waals surface area contributed by atoms with Crippen LogP contribution in [0.15, 0.2) is 77.0 Å². The first-order valence-corrected chi connectivity index (χ1v) is 12.4. The Morgan fingerprint density at radius 1 is 1.11 bits per heavy atom. The van der Waals surface area contributed by atoms with Gasteiger partial charge in [0.2, 0.25) is 5.69 Å². The fraction of sp³-hybridized carbons (Fsp3) is 0.0455. The van der Waals surface area contributed by atoms with Crippen LogP contribution in [0.25, 0.3) is 32.8 Å². The third-order valence-corrected chi connectivity index (χ3v) is 7.09. The summed E-state index contributed by atoms with van der Waals surface area (Å²) in [5.74, 6) is 0.165. The van der Waals surface area contributed by atoms with Gasteiger partial charge < -0.3 is 4.74 Å². The molecule has 0 radical (unpaired) electrons. The van der Waals surface area contributed by atoms with Crippen molar-refractivity contribution in [2.75, 3.05) is 7.11 Å². The maximum atomic E-state index is 12.0. The molecule has 13 heteroatoms. The number of hydrogen-bond acceptors (Lipinski definition) is 8. The minimum Gasteiger partial charge on any atom is -0.492 e. The van der Waals surface area contributed by atoms with Gasteiger partial charge in [-0.2, -0.15) is 8.42 Å². The highest BCUT2D eigenvalue weighted by molar-refractivity contribution is 7.86. The molecule has 0 unspecified atom stereocenters. The molecule has 2 heterocycles. The van der Waals surface area contributed by atoms with Crippen LogP contribution >= 0.6 is 11.3 Å². The van der Waals surface area contributed by atoms with E-state index in [1.54, 1.807) is 6.07 Å². The zero-order chi connectivity index (χ0) is 24.7. The van der Waals surface area contributed by atoms with E-state index in [4.69, 9.17) is 4.74 Å². The predicted octanol–water partition coefficient (Wildman–Crippen LogP) is 3.59. The van der Waals surface area contributed by atoms with Crippen molar-refractivity contribution < 1.29 is 27.4 Å². The van der Waals surface area contributed by atoms with E-state index in [-0.39, 0.29) is 27.7 Å². The van der Waals surface area contributed by atoms with E-state index in [0.717, 1.165) is 10.1 Å². The van der Waals surface area contributed by atoms with E-state index in [9.17, 15) is 23.1 Å². The SMILES string of the molecule is COc1cc([N+](=O)[O-])ccc1-[n+]1nc(-c2ccccc2S(=O)(=O)O)nn1-c1cccc2ccsc12. The zero-order valence-corrected chi connectivity index (χ0v) is 19.6. The number of methoxy groups -OCH3 is 1. The van der Waals surface area contributed by atoms with E-state index in [0.29, 0.717) is 11.4 Å². The molecule has 0 aliphatic rings. The summed E-state index contributed by atoms with van der Waals surface area (Å²) in [7, 11) is -3.19. The van der Waals surface area contributed by atoms with Crippen molar-refractivity contribution >= 4 is 37.2 Å². The maximum absolute atomic E-state index is 12.0. The lowest BCUT2D eigenvalue weighted by molar-refractivity contribution is -0.734. The molecule has 0 spiro atoms. The van der Waals surface area contributed by atoms with Crippen LogP contribution in [0.1, 0.15) is 0 Å². The van der Waals surface area contributed by atoms with Gasteiger partial charge in [-0.1, -0.05) is 24.3 Å². The van der Waals surface area contributed by atoms with Crippen LogP contribution in [0.3, 0.4) is 0 Å². The third-order valence-electron chi connectivity index (χ3n) is 5.23. The van der Waals surface area contributed by atoms with Crippen LogP contribution in [-0.4, -0.2) is 40.0 Å². The molecule has 5 aromatic rings. The van der Waals surface area contributed by atoms with E-state index in [2.05, 4.69) is 10.2 Å². The van der Waals surface area contributed by atoms with E-state index in [1.165, 1.54) is 64.4 Å². The van der Waals surface area contributed by atoms with Gasteiger partial charge in [-0.25, -0.2) is 0 Å². The van der Waals surface area contributed by atoms with Crippen molar-refractivity contribution in [1.82, 2.24) is 15.0 Å². The molecule has 2 aromatic heterocycles. The Morgan fingerprint density at radius 3 is 2.66 bits per heavy atom. The van der Waals surface area contributed by atoms with Crippen molar-refractivity contribution in [1.29, 1.82) is 0 Å². The summed E-state index contributed by atoms with van der Waals surface area (Å²) in [5, 5.41) is 23.3. The molecule has 0 saturated carbocycles. The normalized spacial score (nSPS) is 11.6.